The van der Waals surface area contributed by atoms with Gasteiger partial charge in [-0.1, -0.05) is 29.8 Å². The summed E-state index contributed by atoms with van der Waals surface area (Å²) in [6.45, 7) is 2.17. The van der Waals surface area contributed by atoms with E-state index < -0.39 is 0 Å². The molecule has 1 aromatic heterocycles. The molecular formula is C19H21ClN2O3S. The van der Waals surface area contributed by atoms with Crippen molar-refractivity contribution in [2.45, 2.75) is 12.8 Å². The molecule has 1 aliphatic heterocycles. The Morgan fingerprint density at radius 1 is 1.00 bits per heavy atom. The van der Waals surface area contributed by atoms with Gasteiger partial charge in [0.05, 0.1) is 5.02 Å². The van der Waals surface area contributed by atoms with Crippen LogP contribution in [0.1, 0.15) is 11.3 Å². The Bertz CT molecular complexity index is 743. The maximum absolute atomic E-state index is 12.3. The quantitative estimate of drug-likeness (QED) is 0.759. The van der Waals surface area contributed by atoms with Crippen molar-refractivity contribution in [2.24, 2.45) is 0 Å². The van der Waals surface area contributed by atoms with E-state index >= 15 is 0 Å². The summed E-state index contributed by atoms with van der Waals surface area (Å²) in [7, 11) is 0. The predicted octanol–water partition coefficient (Wildman–Crippen LogP) is 3.08. The van der Waals surface area contributed by atoms with E-state index in [9.17, 15) is 9.59 Å². The number of benzene rings is 1. The van der Waals surface area contributed by atoms with Crippen molar-refractivity contribution in [1.29, 1.82) is 0 Å². The Morgan fingerprint density at radius 3 is 2.35 bits per heavy atom. The van der Waals surface area contributed by atoms with Gasteiger partial charge in [-0.05, 0) is 30.0 Å². The van der Waals surface area contributed by atoms with Crippen molar-refractivity contribution in [3.8, 4) is 5.75 Å². The molecule has 26 heavy (non-hydrogen) atoms. The minimum absolute atomic E-state index is 0.0456. The molecule has 5 nitrogen and oxygen atoms in total. The number of carbonyl (C=O) groups is 2. The van der Waals surface area contributed by atoms with Gasteiger partial charge in [-0.25, -0.2) is 0 Å². The van der Waals surface area contributed by atoms with Crippen LogP contribution in [-0.4, -0.2) is 54.4 Å². The molecule has 0 spiro atoms. The second kappa shape index (κ2) is 9.05. The van der Waals surface area contributed by atoms with Gasteiger partial charge in [0.15, 0.2) is 6.61 Å². The lowest BCUT2D eigenvalue weighted by Crippen LogP contribution is -2.51. The smallest absolute Gasteiger partial charge is 0.260 e. The zero-order chi connectivity index (χ0) is 18.4. The molecule has 138 valence electrons. The van der Waals surface area contributed by atoms with Crippen LogP contribution in [0.3, 0.4) is 0 Å². The Morgan fingerprint density at radius 2 is 1.69 bits per heavy atom. The molecule has 0 atom stereocenters. The minimum atomic E-state index is -0.0874. The number of piperazine rings is 1. The number of hydrogen-bond donors (Lipinski definition) is 0. The van der Waals surface area contributed by atoms with Gasteiger partial charge in [0, 0.05) is 37.5 Å². The van der Waals surface area contributed by atoms with Crippen LogP contribution in [0.5, 0.6) is 5.75 Å². The van der Waals surface area contributed by atoms with Crippen LogP contribution in [-0.2, 0) is 16.0 Å². The summed E-state index contributed by atoms with van der Waals surface area (Å²) in [5.41, 5.74) is 0. The molecule has 0 saturated carbocycles. The van der Waals surface area contributed by atoms with E-state index in [1.165, 1.54) is 4.88 Å². The number of aryl methyl sites for hydroxylation is 1. The molecular weight excluding hydrogens is 372 g/mol. The third-order valence-electron chi connectivity index (χ3n) is 4.34. The third kappa shape index (κ3) is 4.99. The van der Waals surface area contributed by atoms with Crippen molar-refractivity contribution in [3.05, 3.63) is 51.7 Å². The standard InChI is InChI=1S/C19H21ClN2O3S/c20-16-5-1-2-6-17(16)25-14-19(24)22-11-9-21(10-12-22)18(23)8-7-15-4-3-13-26-15/h1-6,13H,7-12,14H2. The molecule has 0 aliphatic carbocycles. The molecule has 0 bridgehead atoms. The summed E-state index contributed by atoms with van der Waals surface area (Å²) >= 11 is 7.69. The van der Waals surface area contributed by atoms with Gasteiger partial charge in [-0.2, -0.15) is 0 Å². The second-order valence-electron chi connectivity index (χ2n) is 6.06. The molecule has 2 aromatic rings. The lowest BCUT2D eigenvalue weighted by atomic mass is 10.2. The fourth-order valence-electron chi connectivity index (χ4n) is 2.84. The molecule has 1 aromatic carbocycles. The lowest BCUT2D eigenvalue weighted by molar-refractivity contribution is -0.140. The van der Waals surface area contributed by atoms with Crippen molar-refractivity contribution in [1.82, 2.24) is 9.80 Å². The number of nitrogens with zero attached hydrogens (tertiary/aromatic N) is 2. The van der Waals surface area contributed by atoms with Gasteiger partial charge in [0.2, 0.25) is 5.91 Å². The van der Waals surface area contributed by atoms with Gasteiger partial charge in [0.25, 0.3) is 5.91 Å². The highest BCUT2D eigenvalue weighted by molar-refractivity contribution is 7.09. The molecule has 7 heteroatoms. The molecule has 1 saturated heterocycles. The first-order valence-corrected chi connectivity index (χ1v) is 9.84. The normalized spacial score (nSPS) is 14.3. The molecule has 2 heterocycles. The Hall–Kier alpha value is -2.05. The molecule has 0 radical (unpaired) electrons. The topological polar surface area (TPSA) is 49.9 Å². The maximum atomic E-state index is 12.3. The summed E-state index contributed by atoms with van der Waals surface area (Å²) < 4.78 is 5.50. The first-order chi connectivity index (χ1) is 12.6. The summed E-state index contributed by atoms with van der Waals surface area (Å²) in [5, 5.41) is 2.51. The van der Waals surface area contributed by atoms with Gasteiger partial charge in [-0.15, -0.1) is 11.3 Å². The fraction of sp³-hybridized carbons (Fsp3) is 0.368. The second-order valence-corrected chi connectivity index (χ2v) is 7.50. The van der Waals surface area contributed by atoms with Crippen molar-refractivity contribution in [3.63, 3.8) is 0 Å². The highest BCUT2D eigenvalue weighted by Gasteiger charge is 2.24. The van der Waals surface area contributed by atoms with Gasteiger partial charge < -0.3 is 14.5 Å². The van der Waals surface area contributed by atoms with E-state index in [1.807, 2.05) is 34.5 Å². The molecule has 1 aliphatic rings. The van der Waals surface area contributed by atoms with Crippen LogP contribution >= 0.6 is 22.9 Å². The van der Waals surface area contributed by atoms with E-state index in [1.54, 1.807) is 28.4 Å². The summed E-state index contributed by atoms with van der Waals surface area (Å²) in [5.74, 6) is 0.568. The van der Waals surface area contributed by atoms with Gasteiger partial charge in [0.1, 0.15) is 5.75 Å². The van der Waals surface area contributed by atoms with Crippen molar-refractivity contribution < 1.29 is 14.3 Å². The van der Waals surface area contributed by atoms with Gasteiger partial charge in [-0.3, -0.25) is 9.59 Å². The predicted molar refractivity (Wildman–Crippen MR) is 103 cm³/mol. The maximum Gasteiger partial charge on any atom is 0.260 e. The fourth-order valence-corrected chi connectivity index (χ4v) is 3.74. The lowest BCUT2D eigenvalue weighted by Gasteiger charge is -2.34. The summed E-state index contributed by atoms with van der Waals surface area (Å²) in [6.07, 6.45) is 1.30. The van der Waals surface area contributed by atoms with E-state index in [-0.39, 0.29) is 18.4 Å². The monoisotopic (exact) mass is 392 g/mol. The van der Waals surface area contributed by atoms with Crippen LogP contribution in [0.4, 0.5) is 0 Å². The SMILES string of the molecule is O=C(CCc1cccs1)N1CCN(C(=O)COc2ccccc2Cl)CC1. The summed E-state index contributed by atoms with van der Waals surface area (Å²) in [4.78, 5) is 29.4. The number of carbonyl (C=O) groups excluding carboxylic acids is 2. The van der Waals surface area contributed by atoms with E-state index in [0.29, 0.717) is 43.4 Å². The highest BCUT2D eigenvalue weighted by atomic mass is 35.5. The average molecular weight is 393 g/mol. The first kappa shape index (κ1) is 18.7. The van der Waals surface area contributed by atoms with Crippen molar-refractivity contribution in [2.75, 3.05) is 32.8 Å². The van der Waals surface area contributed by atoms with Crippen LogP contribution in [0, 0.1) is 0 Å². The molecule has 2 amide bonds. The Balaban J connectivity index is 1.40. The minimum Gasteiger partial charge on any atom is -0.482 e. The number of amides is 2. The number of thiophene rings is 1. The Labute approximate surface area is 162 Å². The van der Waals surface area contributed by atoms with E-state index in [4.69, 9.17) is 16.3 Å². The molecule has 0 N–H and O–H groups in total. The average Bonchev–Trinajstić information content (AvgIpc) is 3.19. The number of hydrogen-bond acceptors (Lipinski definition) is 4. The number of ether oxygens (including phenoxy) is 1. The molecule has 3 rings (SSSR count). The third-order valence-corrected chi connectivity index (χ3v) is 5.59. The molecule has 0 unspecified atom stereocenters. The van der Waals surface area contributed by atoms with E-state index in [2.05, 4.69) is 0 Å². The number of rotatable bonds is 6. The molecule has 1 fully saturated rings. The first-order valence-electron chi connectivity index (χ1n) is 8.59. The summed E-state index contributed by atoms with van der Waals surface area (Å²) in [6, 6.07) is 11.1. The van der Waals surface area contributed by atoms with Crippen LogP contribution in [0.25, 0.3) is 0 Å². The van der Waals surface area contributed by atoms with Crippen LogP contribution in [0.2, 0.25) is 5.02 Å². The van der Waals surface area contributed by atoms with Crippen LogP contribution < -0.4 is 4.74 Å². The zero-order valence-corrected chi connectivity index (χ0v) is 16.0. The van der Waals surface area contributed by atoms with Crippen LogP contribution in [0.15, 0.2) is 41.8 Å². The highest BCUT2D eigenvalue weighted by Crippen LogP contribution is 2.23. The zero-order valence-electron chi connectivity index (χ0n) is 14.4. The number of halogens is 1. The van der Waals surface area contributed by atoms with Crippen molar-refractivity contribution >= 4 is 34.8 Å². The number of para-hydroxylation sites is 1. The Kier molecular flexibility index (Phi) is 6.52. The van der Waals surface area contributed by atoms with Gasteiger partial charge >= 0.3 is 0 Å². The largest absolute Gasteiger partial charge is 0.482 e. The van der Waals surface area contributed by atoms with E-state index in [0.717, 1.165) is 6.42 Å².